The molecule has 0 aliphatic heterocycles. The molecule has 0 heterocycles. The zero-order valence-electron chi connectivity index (χ0n) is 15.9. The number of amides is 2. The molecule has 1 N–H and O–H groups in total. The van der Waals surface area contributed by atoms with Gasteiger partial charge in [0.25, 0.3) is 0 Å². The van der Waals surface area contributed by atoms with Gasteiger partial charge in [-0.25, -0.2) is 8.42 Å². The van der Waals surface area contributed by atoms with Gasteiger partial charge in [-0.15, -0.1) is 0 Å². The Morgan fingerprint density at radius 3 is 2.27 bits per heavy atom. The van der Waals surface area contributed by atoms with Gasteiger partial charge < -0.3 is 15.0 Å². The van der Waals surface area contributed by atoms with Crippen LogP contribution in [0, 0.1) is 0 Å². The molecule has 8 nitrogen and oxygen atoms in total. The first-order valence-electron chi connectivity index (χ1n) is 8.21. The predicted molar refractivity (Wildman–Crippen MR) is 99.2 cm³/mol. The van der Waals surface area contributed by atoms with E-state index in [1.165, 1.54) is 11.9 Å². The number of carbonyl (C=O) groups excluding carboxylic acids is 2. The minimum atomic E-state index is -3.50. The van der Waals surface area contributed by atoms with Gasteiger partial charge in [0.1, 0.15) is 11.8 Å². The Morgan fingerprint density at radius 2 is 1.81 bits per heavy atom. The van der Waals surface area contributed by atoms with Crippen molar-refractivity contribution in [1.82, 2.24) is 14.5 Å². The Labute approximate surface area is 155 Å². The summed E-state index contributed by atoms with van der Waals surface area (Å²) in [6.07, 6.45) is 1.03. The maximum atomic E-state index is 12.7. The molecule has 0 saturated carbocycles. The van der Waals surface area contributed by atoms with Crippen LogP contribution in [0.15, 0.2) is 24.3 Å². The summed E-state index contributed by atoms with van der Waals surface area (Å²) in [5.41, 5.74) is 0.803. The Morgan fingerprint density at radius 1 is 1.23 bits per heavy atom. The van der Waals surface area contributed by atoms with Crippen LogP contribution in [0.25, 0.3) is 0 Å². The molecule has 9 heteroatoms. The van der Waals surface area contributed by atoms with E-state index >= 15 is 0 Å². The number of nitrogens with zero attached hydrogens (tertiary/aromatic N) is 2. The number of sulfonamides is 1. The summed E-state index contributed by atoms with van der Waals surface area (Å²) < 4.78 is 29.2. The van der Waals surface area contributed by atoms with Crippen molar-refractivity contribution in [1.29, 1.82) is 0 Å². The van der Waals surface area contributed by atoms with Crippen molar-refractivity contribution in [3.63, 3.8) is 0 Å². The SMILES string of the molecule is CCNC(=O)[C@H](C)N(Cc1ccc(OC)cc1)C(=O)CN(C)S(C)(=O)=O. The highest BCUT2D eigenvalue weighted by Crippen LogP contribution is 2.15. The third-order valence-electron chi connectivity index (χ3n) is 3.95. The van der Waals surface area contributed by atoms with Crippen LogP contribution in [0.2, 0.25) is 0 Å². The molecule has 0 radical (unpaired) electrons. The summed E-state index contributed by atoms with van der Waals surface area (Å²) in [4.78, 5) is 26.3. The van der Waals surface area contributed by atoms with Crippen LogP contribution in [0.4, 0.5) is 0 Å². The number of nitrogens with one attached hydrogen (secondary N) is 1. The maximum absolute atomic E-state index is 12.7. The van der Waals surface area contributed by atoms with Gasteiger partial charge in [0.2, 0.25) is 21.8 Å². The van der Waals surface area contributed by atoms with Gasteiger partial charge in [-0.3, -0.25) is 9.59 Å². The number of hydrogen-bond acceptors (Lipinski definition) is 5. The molecular weight excluding hydrogens is 358 g/mol. The second kappa shape index (κ2) is 9.54. The minimum Gasteiger partial charge on any atom is -0.497 e. The van der Waals surface area contributed by atoms with Gasteiger partial charge in [0.05, 0.1) is 19.9 Å². The normalized spacial score (nSPS) is 12.5. The number of likely N-dealkylation sites (N-methyl/N-ethyl adjacent to an activating group) is 2. The molecule has 146 valence electrons. The summed E-state index contributed by atoms with van der Waals surface area (Å²) in [6, 6.07) is 6.38. The van der Waals surface area contributed by atoms with E-state index in [0.29, 0.717) is 12.3 Å². The van der Waals surface area contributed by atoms with E-state index < -0.39 is 22.0 Å². The smallest absolute Gasteiger partial charge is 0.242 e. The molecule has 0 spiro atoms. The fourth-order valence-corrected chi connectivity index (χ4v) is 2.58. The average molecular weight is 385 g/mol. The Bertz CT molecular complexity index is 718. The van der Waals surface area contributed by atoms with Gasteiger partial charge in [-0.2, -0.15) is 4.31 Å². The Hall–Kier alpha value is -2.13. The number of hydrogen-bond donors (Lipinski definition) is 1. The predicted octanol–water partition coefficient (Wildman–Crippen LogP) is 0.440. The third kappa shape index (κ3) is 6.30. The molecule has 1 aromatic rings. The molecule has 0 saturated heterocycles. The number of carbonyl (C=O) groups is 2. The molecule has 1 atom stereocenters. The van der Waals surface area contributed by atoms with Crippen molar-refractivity contribution in [3.05, 3.63) is 29.8 Å². The van der Waals surface area contributed by atoms with Crippen LogP contribution in [0.1, 0.15) is 19.4 Å². The first kappa shape index (κ1) is 21.9. The van der Waals surface area contributed by atoms with Gasteiger partial charge in [-0.1, -0.05) is 12.1 Å². The van der Waals surface area contributed by atoms with E-state index in [1.54, 1.807) is 45.2 Å². The molecule has 0 aliphatic rings. The second-order valence-corrected chi connectivity index (χ2v) is 8.05. The first-order chi connectivity index (χ1) is 12.1. The number of methoxy groups -OCH3 is 1. The van der Waals surface area contributed by atoms with E-state index in [9.17, 15) is 18.0 Å². The fraction of sp³-hybridized carbons (Fsp3) is 0.529. The highest BCUT2D eigenvalue weighted by atomic mass is 32.2. The van der Waals surface area contributed by atoms with E-state index in [-0.39, 0.29) is 19.0 Å². The maximum Gasteiger partial charge on any atom is 0.242 e. The van der Waals surface area contributed by atoms with Crippen LogP contribution in [0.5, 0.6) is 5.75 Å². The average Bonchev–Trinajstić information content (AvgIpc) is 2.58. The summed E-state index contributed by atoms with van der Waals surface area (Å²) in [7, 11) is -0.613. The zero-order chi connectivity index (χ0) is 19.9. The zero-order valence-corrected chi connectivity index (χ0v) is 16.7. The minimum absolute atomic E-state index is 0.179. The summed E-state index contributed by atoms with van der Waals surface area (Å²) in [5, 5.41) is 2.68. The Kier molecular flexibility index (Phi) is 8.04. The van der Waals surface area contributed by atoms with Crippen molar-refractivity contribution < 1.29 is 22.7 Å². The van der Waals surface area contributed by atoms with Gasteiger partial charge in [0.15, 0.2) is 0 Å². The molecule has 0 fully saturated rings. The van der Waals surface area contributed by atoms with Crippen molar-refractivity contribution >= 4 is 21.8 Å². The lowest BCUT2D eigenvalue weighted by Crippen LogP contribution is -2.50. The molecule has 1 rings (SSSR count). The van der Waals surface area contributed by atoms with Crippen molar-refractivity contribution in [3.8, 4) is 5.75 Å². The highest BCUT2D eigenvalue weighted by Gasteiger charge is 2.28. The largest absolute Gasteiger partial charge is 0.497 e. The van der Waals surface area contributed by atoms with Crippen molar-refractivity contribution in [2.45, 2.75) is 26.4 Å². The molecule has 0 aromatic heterocycles. The van der Waals surface area contributed by atoms with Crippen LogP contribution >= 0.6 is 0 Å². The van der Waals surface area contributed by atoms with E-state index in [1.807, 2.05) is 0 Å². The highest BCUT2D eigenvalue weighted by molar-refractivity contribution is 7.88. The van der Waals surface area contributed by atoms with Crippen molar-refractivity contribution in [2.75, 3.05) is 33.5 Å². The monoisotopic (exact) mass is 385 g/mol. The number of rotatable bonds is 9. The lowest BCUT2D eigenvalue weighted by atomic mass is 10.1. The van der Waals surface area contributed by atoms with Crippen LogP contribution < -0.4 is 10.1 Å². The van der Waals surface area contributed by atoms with Gasteiger partial charge in [-0.05, 0) is 31.5 Å². The molecule has 0 bridgehead atoms. The molecule has 1 aromatic carbocycles. The van der Waals surface area contributed by atoms with Crippen molar-refractivity contribution in [2.24, 2.45) is 0 Å². The lowest BCUT2D eigenvalue weighted by molar-refractivity contribution is -0.140. The second-order valence-electron chi connectivity index (χ2n) is 5.96. The molecule has 26 heavy (non-hydrogen) atoms. The topological polar surface area (TPSA) is 96.0 Å². The van der Waals surface area contributed by atoms with Crippen LogP contribution in [-0.4, -0.2) is 69.0 Å². The van der Waals surface area contributed by atoms with E-state index in [0.717, 1.165) is 16.1 Å². The quantitative estimate of drug-likeness (QED) is 0.665. The summed E-state index contributed by atoms with van der Waals surface area (Å²) in [5.74, 6) is -0.0657. The summed E-state index contributed by atoms with van der Waals surface area (Å²) >= 11 is 0. The molecular formula is C17H27N3O5S. The standard InChI is InChI=1S/C17H27N3O5S/c1-6-18-17(22)13(2)20(16(21)12-19(3)26(5,23)24)11-14-7-9-15(25-4)10-8-14/h7-10,13H,6,11-12H2,1-5H3,(H,18,22)/t13-/m0/s1. The van der Waals surface area contributed by atoms with Crippen LogP contribution in [-0.2, 0) is 26.2 Å². The summed E-state index contributed by atoms with van der Waals surface area (Å²) in [6.45, 7) is 3.69. The van der Waals surface area contributed by atoms with Crippen LogP contribution in [0.3, 0.4) is 0 Å². The molecule has 0 aliphatic carbocycles. The fourth-order valence-electron chi connectivity index (χ4n) is 2.23. The molecule has 2 amide bonds. The first-order valence-corrected chi connectivity index (χ1v) is 10.1. The van der Waals surface area contributed by atoms with E-state index in [4.69, 9.17) is 4.74 Å². The Balaban J connectivity index is 3.03. The molecule has 0 unspecified atom stereocenters. The number of benzene rings is 1. The third-order valence-corrected chi connectivity index (χ3v) is 5.22. The van der Waals surface area contributed by atoms with E-state index in [2.05, 4.69) is 5.32 Å². The number of ether oxygens (including phenoxy) is 1. The lowest BCUT2D eigenvalue weighted by Gasteiger charge is -2.30. The van der Waals surface area contributed by atoms with Gasteiger partial charge in [0, 0.05) is 20.1 Å². The van der Waals surface area contributed by atoms with Gasteiger partial charge >= 0.3 is 0 Å².